The average molecular weight is 154 g/mol. The van der Waals surface area contributed by atoms with Gasteiger partial charge in [-0.2, -0.15) is 0 Å². The quantitative estimate of drug-likeness (QED) is 0.322. The van der Waals surface area contributed by atoms with E-state index in [1.807, 2.05) is 0 Å². The molecule has 0 radical (unpaired) electrons. The maximum atomic E-state index is 5.34. The molecule has 1 nitrogen and oxygen atoms in total. The predicted octanol–water partition coefficient (Wildman–Crippen LogP) is 1.87. The molecule has 0 rings (SSSR count). The summed E-state index contributed by atoms with van der Waals surface area (Å²) in [6, 6.07) is 0. The second-order valence-corrected chi connectivity index (χ2v) is 2.94. The van der Waals surface area contributed by atoms with E-state index in [9.17, 15) is 0 Å². The topological polar surface area (TPSA) is 9.23 Å². The molecule has 1 atom stereocenters. The van der Waals surface area contributed by atoms with Gasteiger partial charge in [0.15, 0.2) is 0 Å². The summed E-state index contributed by atoms with van der Waals surface area (Å²) in [7, 11) is 0. The molecule has 0 aliphatic heterocycles. The van der Waals surface area contributed by atoms with Crippen LogP contribution in [0.2, 0.25) is 0 Å². The van der Waals surface area contributed by atoms with Gasteiger partial charge in [-0.25, -0.2) is 0 Å². The Kier molecular flexibility index (Phi) is 7.51. The maximum absolute atomic E-state index is 5.34. The van der Waals surface area contributed by atoms with Crippen LogP contribution in [-0.2, 0) is 4.74 Å². The average Bonchev–Trinajstić information content (AvgIpc) is 1.98. The summed E-state index contributed by atoms with van der Waals surface area (Å²) in [6.45, 7) is 6.66. The number of unbranched alkanes of at least 4 members (excludes halogenated alkanes) is 2. The number of rotatable bonds is 6. The molecule has 1 unspecified atom stereocenters. The zero-order chi connectivity index (χ0) is 7.82. The zero-order valence-electron chi connectivity index (χ0n) is 6.68. The van der Waals surface area contributed by atoms with Crippen molar-refractivity contribution in [1.29, 1.82) is 0 Å². The third-order valence-corrected chi connectivity index (χ3v) is 1.76. The fraction of sp³-hybridized carbons (Fsp3) is 0.750. The molecule has 0 N–H and O–H groups in total. The molecule has 54 valence electrons. The zero-order valence-corrected chi connectivity index (χ0v) is 7.83. The Morgan fingerprint density at radius 3 is 2.80 bits per heavy atom. The molecular weight excluding hydrogens is 139 g/mol. The van der Waals surface area contributed by atoms with Crippen LogP contribution in [-0.4, -0.2) is 27.9 Å². The predicted molar refractivity (Wildman–Crippen MR) is 45.2 cm³/mol. The third-order valence-electron chi connectivity index (χ3n) is 1.29. The van der Waals surface area contributed by atoms with Gasteiger partial charge in [0.2, 0.25) is 0 Å². The fourth-order valence-corrected chi connectivity index (χ4v) is 0.776. The van der Waals surface area contributed by atoms with Crippen LogP contribution in [0.25, 0.3) is 0 Å². The van der Waals surface area contributed by atoms with Gasteiger partial charge in [0.1, 0.15) is 0 Å². The monoisotopic (exact) mass is 154 g/mol. The SMILES string of the molecule is C=C[CH]([Al+2])OCCCCC. The van der Waals surface area contributed by atoms with Crippen LogP contribution in [0.15, 0.2) is 12.7 Å². The Morgan fingerprint density at radius 2 is 2.30 bits per heavy atom. The first-order chi connectivity index (χ1) is 4.81. The molecule has 0 aromatic carbocycles. The molecule has 0 heterocycles. The van der Waals surface area contributed by atoms with E-state index in [0.29, 0.717) is 0 Å². The summed E-state index contributed by atoms with van der Waals surface area (Å²) in [4.78, 5) is 0.136. The van der Waals surface area contributed by atoms with E-state index in [4.69, 9.17) is 4.74 Å². The summed E-state index contributed by atoms with van der Waals surface area (Å²) in [5, 5.41) is 0. The molecule has 0 bridgehead atoms. The normalized spacial score (nSPS) is 13.1. The fourth-order valence-electron chi connectivity index (χ4n) is 0.640. The van der Waals surface area contributed by atoms with Crippen molar-refractivity contribution >= 4 is 16.3 Å². The van der Waals surface area contributed by atoms with Gasteiger partial charge < -0.3 is 0 Å². The minimum absolute atomic E-state index is 0.136. The molecule has 10 heavy (non-hydrogen) atoms. The molecule has 0 aromatic rings. The summed E-state index contributed by atoms with van der Waals surface area (Å²) in [5.74, 6) is 0. The van der Waals surface area contributed by atoms with Crippen molar-refractivity contribution in [3.05, 3.63) is 12.7 Å². The second kappa shape index (κ2) is 7.34. The summed E-state index contributed by atoms with van der Waals surface area (Å²) in [5.41, 5.74) is 0. The molecule has 0 amide bonds. The van der Waals surface area contributed by atoms with Crippen molar-refractivity contribution in [3.63, 3.8) is 0 Å². The van der Waals surface area contributed by atoms with Crippen molar-refractivity contribution in [2.75, 3.05) is 6.61 Å². The molecule has 2 heteroatoms. The van der Waals surface area contributed by atoms with Crippen LogP contribution in [0.5, 0.6) is 0 Å². The summed E-state index contributed by atoms with van der Waals surface area (Å²) in [6.07, 6.45) is 5.46. The van der Waals surface area contributed by atoms with Crippen LogP contribution in [0, 0.1) is 0 Å². The van der Waals surface area contributed by atoms with Gasteiger partial charge in [0.25, 0.3) is 0 Å². The van der Waals surface area contributed by atoms with Gasteiger partial charge in [-0.1, -0.05) is 0 Å². The van der Waals surface area contributed by atoms with Gasteiger partial charge in [-0.05, 0) is 0 Å². The van der Waals surface area contributed by atoms with E-state index in [1.165, 1.54) is 12.8 Å². The van der Waals surface area contributed by atoms with Crippen LogP contribution in [0.4, 0.5) is 0 Å². The molecule has 0 aliphatic carbocycles. The molecule has 0 saturated heterocycles. The van der Waals surface area contributed by atoms with Gasteiger partial charge in [-0.3, -0.25) is 0 Å². The van der Waals surface area contributed by atoms with Gasteiger partial charge >= 0.3 is 71.4 Å². The van der Waals surface area contributed by atoms with Gasteiger partial charge in [-0.15, -0.1) is 0 Å². The Balaban J connectivity index is 2.95. The van der Waals surface area contributed by atoms with E-state index >= 15 is 0 Å². The summed E-state index contributed by atoms with van der Waals surface area (Å²) < 4.78 is 5.34. The van der Waals surface area contributed by atoms with E-state index in [0.717, 1.165) is 13.0 Å². The molecule has 0 spiro atoms. The minimum atomic E-state index is 0.136. The van der Waals surface area contributed by atoms with Crippen molar-refractivity contribution in [2.24, 2.45) is 0 Å². The first-order valence-electron chi connectivity index (χ1n) is 3.81. The van der Waals surface area contributed by atoms with Crippen molar-refractivity contribution in [3.8, 4) is 0 Å². The van der Waals surface area contributed by atoms with E-state index in [2.05, 4.69) is 29.8 Å². The van der Waals surface area contributed by atoms with E-state index in [-0.39, 0.29) is 4.97 Å². The van der Waals surface area contributed by atoms with Gasteiger partial charge in [0.05, 0.1) is 0 Å². The van der Waals surface area contributed by atoms with Crippen LogP contribution >= 0.6 is 0 Å². The first-order valence-corrected chi connectivity index (χ1v) is 4.47. The molecular formula is C8H15AlO+2. The Bertz CT molecular complexity index is 83.3. The summed E-state index contributed by atoms with van der Waals surface area (Å²) >= 11 is 2.58. The molecule has 0 aliphatic rings. The standard InChI is InChI=1S/C8H15O.Al/c1-3-5-6-8-9-7-4-2;/h4,7H,2-3,5-6,8H2,1H3;/q;+2. The van der Waals surface area contributed by atoms with Crippen molar-refractivity contribution < 1.29 is 4.74 Å². The van der Waals surface area contributed by atoms with Crippen molar-refractivity contribution in [1.82, 2.24) is 0 Å². The number of hydrogen-bond acceptors (Lipinski definition) is 1. The third kappa shape index (κ3) is 6.35. The van der Waals surface area contributed by atoms with E-state index < -0.39 is 0 Å². The van der Waals surface area contributed by atoms with E-state index in [1.54, 1.807) is 6.08 Å². The van der Waals surface area contributed by atoms with Gasteiger partial charge in [0, 0.05) is 0 Å². The van der Waals surface area contributed by atoms with Crippen molar-refractivity contribution in [2.45, 2.75) is 31.2 Å². The van der Waals surface area contributed by atoms with Crippen LogP contribution in [0.3, 0.4) is 0 Å². The van der Waals surface area contributed by atoms with Crippen LogP contribution in [0.1, 0.15) is 26.2 Å². The Hall–Kier alpha value is 0.232. The number of ether oxygens (including phenoxy) is 1. The molecule has 0 aromatic heterocycles. The Morgan fingerprint density at radius 1 is 1.60 bits per heavy atom. The second-order valence-electron chi connectivity index (χ2n) is 2.28. The molecule has 0 fully saturated rings. The Labute approximate surface area is 71.9 Å². The van der Waals surface area contributed by atoms with Crippen LogP contribution < -0.4 is 0 Å². The number of hydrogen-bond donors (Lipinski definition) is 0. The first kappa shape index (κ1) is 10.2. The molecule has 0 saturated carbocycles.